The highest BCUT2D eigenvalue weighted by Gasteiger charge is 2.48. The molecule has 2 rings (SSSR count). The second-order valence-electron chi connectivity index (χ2n) is 7.21. The summed E-state index contributed by atoms with van der Waals surface area (Å²) in [5, 5.41) is 6.78. The van der Waals surface area contributed by atoms with Gasteiger partial charge in [0.25, 0.3) is 0 Å². The predicted octanol–water partition coefficient (Wildman–Crippen LogP) is 0.864. The van der Waals surface area contributed by atoms with Gasteiger partial charge >= 0.3 is 0 Å². The van der Waals surface area contributed by atoms with Crippen molar-refractivity contribution in [3.63, 3.8) is 0 Å². The smallest absolute Gasteiger partial charge is 0.211 e. The number of aliphatic imine (C=N–C) groups is 1. The quantitative estimate of drug-likeness (QED) is 0.351. The maximum absolute atomic E-state index is 11.6. The van der Waals surface area contributed by atoms with Gasteiger partial charge in [-0.2, -0.15) is 0 Å². The molecule has 2 fully saturated rings. The van der Waals surface area contributed by atoms with Crippen molar-refractivity contribution < 1.29 is 13.2 Å². The molecule has 3 unspecified atom stereocenters. The third kappa shape index (κ3) is 4.95. The first kappa shape index (κ1) is 21.9. The van der Waals surface area contributed by atoms with Crippen LogP contribution < -0.4 is 10.6 Å². The second-order valence-corrected chi connectivity index (χ2v) is 9.19. The molecular formula is C15H31IN4O3S. The third-order valence-corrected chi connectivity index (χ3v) is 6.54. The fourth-order valence-electron chi connectivity index (χ4n) is 3.40. The molecule has 1 saturated carbocycles. The zero-order valence-electron chi connectivity index (χ0n) is 15.2. The van der Waals surface area contributed by atoms with E-state index in [-0.39, 0.29) is 35.5 Å². The van der Waals surface area contributed by atoms with Crippen LogP contribution in [0.3, 0.4) is 0 Å². The van der Waals surface area contributed by atoms with Crippen LogP contribution in [0.5, 0.6) is 0 Å². The molecule has 9 heteroatoms. The molecule has 0 aromatic heterocycles. The van der Waals surface area contributed by atoms with Crippen LogP contribution in [0.2, 0.25) is 0 Å². The Hall–Kier alpha value is -0.130. The number of guanidine groups is 1. The fraction of sp³-hybridized carbons (Fsp3) is 0.933. The van der Waals surface area contributed by atoms with Crippen molar-refractivity contribution in [2.75, 3.05) is 40.0 Å². The summed E-state index contributed by atoms with van der Waals surface area (Å²) in [6.07, 6.45) is 3.40. The Morgan fingerprint density at radius 1 is 1.42 bits per heavy atom. The van der Waals surface area contributed by atoms with E-state index < -0.39 is 10.0 Å². The lowest BCUT2D eigenvalue weighted by molar-refractivity contribution is -0.0922. The predicted molar refractivity (Wildman–Crippen MR) is 107 cm³/mol. The van der Waals surface area contributed by atoms with Crippen molar-refractivity contribution in [1.82, 2.24) is 14.9 Å². The van der Waals surface area contributed by atoms with Crippen molar-refractivity contribution in [2.24, 2.45) is 16.3 Å². The van der Waals surface area contributed by atoms with Crippen LogP contribution in [0.25, 0.3) is 0 Å². The Kier molecular flexibility index (Phi) is 7.76. The van der Waals surface area contributed by atoms with Crippen molar-refractivity contribution >= 4 is 40.0 Å². The van der Waals surface area contributed by atoms with Crippen molar-refractivity contribution in [2.45, 2.75) is 38.8 Å². The molecule has 0 aromatic carbocycles. The van der Waals surface area contributed by atoms with Gasteiger partial charge in [-0.05, 0) is 18.8 Å². The van der Waals surface area contributed by atoms with Gasteiger partial charge in [0.2, 0.25) is 10.0 Å². The lowest BCUT2D eigenvalue weighted by atomic mass is 9.64. The highest BCUT2D eigenvalue weighted by molar-refractivity contribution is 14.0. The molecule has 7 nitrogen and oxygen atoms in total. The van der Waals surface area contributed by atoms with Gasteiger partial charge in [-0.1, -0.05) is 13.8 Å². The average Bonchev–Trinajstić information content (AvgIpc) is 2.95. The third-order valence-electron chi connectivity index (χ3n) is 5.27. The normalized spacial score (nSPS) is 30.4. The molecule has 24 heavy (non-hydrogen) atoms. The molecule has 3 atom stereocenters. The highest BCUT2D eigenvalue weighted by Crippen LogP contribution is 2.42. The number of nitrogens with one attached hydrogen (secondary N) is 2. The number of rotatable bonds is 5. The fourth-order valence-corrected chi connectivity index (χ4v) is 4.31. The van der Waals surface area contributed by atoms with Gasteiger partial charge in [-0.3, -0.25) is 4.99 Å². The molecule has 1 aliphatic carbocycles. The molecule has 0 aromatic rings. The van der Waals surface area contributed by atoms with Gasteiger partial charge in [0.15, 0.2) is 5.96 Å². The molecule has 0 radical (unpaired) electrons. The molecule has 0 spiro atoms. The minimum absolute atomic E-state index is 0. The van der Waals surface area contributed by atoms with E-state index in [9.17, 15) is 8.42 Å². The topological polar surface area (TPSA) is 83.0 Å². The lowest BCUT2D eigenvalue weighted by Gasteiger charge is -2.51. The van der Waals surface area contributed by atoms with Gasteiger partial charge < -0.3 is 15.4 Å². The number of ether oxygens (including phenoxy) is 1. The van der Waals surface area contributed by atoms with Crippen LogP contribution in [0, 0.1) is 11.3 Å². The number of sulfonamides is 1. The Labute approximate surface area is 163 Å². The Morgan fingerprint density at radius 2 is 2.08 bits per heavy atom. The summed E-state index contributed by atoms with van der Waals surface area (Å²) in [7, 11) is 0.437. The molecule has 0 amide bonds. The molecular weight excluding hydrogens is 443 g/mol. The van der Waals surface area contributed by atoms with E-state index in [0.29, 0.717) is 25.0 Å². The minimum atomic E-state index is -3.07. The number of hydrogen-bond acceptors (Lipinski definition) is 4. The molecule has 0 bridgehead atoms. The van der Waals surface area contributed by atoms with Gasteiger partial charge in [-0.25, -0.2) is 12.7 Å². The lowest BCUT2D eigenvalue weighted by Crippen LogP contribution is -2.63. The molecule has 142 valence electrons. The molecule has 1 aliphatic heterocycles. The number of hydrogen-bond donors (Lipinski definition) is 2. The van der Waals surface area contributed by atoms with Crippen LogP contribution in [0.1, 0.15) is 26.7 Å². The maximum atomic E-state index is 11.6. The number of halogens is 1. The van der Waals surface area contributed by atoms with Crippen LogP contribution >= 0.6 is 24.0 Å². The Morgan fingerprint density at radius 3 is 2.54 bits per heavy atom. The van der Waals surface area contributed by atoms with E-state index in [1.165, 1.54) is 6.26 Å². The summed E-state index contributed by atoms with van der Waals surface area (Å²) in [6.45, 7) is 6.31. The number of nitrogens with zero attached hydrogens (tertiary/aromatic N) is 2. The van der Waals surface area contributed by atoms with Crippen LogP contribution in [0.15, 0.2) is 4.99 Å². The standard InChI is InChI=1S/C15H30N4O3S.HI/c1-15(2)12(8-13(15)22-4)18-14(16-3)17-9-11-6-7-19(10-11)23(5,20)21;/h11-13H,6-10H2,1-5H3,(H2,16,17,18);1H. The van der Waals surface area contributed by atoms with Crippen LogP contribution in [-0.2, 0) is 14.8 Å². The van der Waals surface area contributed by atoms with E-state index in [0.717, 1.165) is 25.3 Å². The van der Waals surface area contributed by atoms with E-state index in [2.05, 4.69) is 29.5 Å². The van der Waals surface area contributed by atoms with Crippen LogP contribution in [-0.4, -0.2) is 70.9 Å². The number of methoxy groups -OCH3 is 1. The minimum Gasteiger partial charge on any atom is -0.381 e. The van der Waals surface area contributed by atoms with Gasteiger partial charge in [0, 0.05) is 45.2 Å². The first-order valence-electron chi connectivity index (χ1n) is 8.13. The highest BCUT2D eigenvalue weighted by atomic mass is 127. The largest absolute Gasteiger partial charge is 0.381 e. The molecule has 1 heterocycles. The van der Waals surface area contributed by atoms with Crippen LogP contribution in [0.4, 0.5) is 0 Å². The van der Waals surface area contributed by atoms with E-state index >= 15 is 0 Å². The maximum Gasteiger partial charge on any atom is 0.211 e. The molecule has 2 N–H and O–H groups in total. The summed E-state index contributed by atoms with van der Waals surface area (Å²) in [5.41, 5.74) is 0.0762. The average molecular weight is 474 g/mol. The second kappa shape index (κ2) is 8.50. The zero-order valence-corrected chi connectivity index (χ0v) is 18.4. The molecule has 2 aliphatic rings. The summed E-state index contributed by atoms with van der Waals surface area (Å²) in [4.78, 5) is 4.28. The van der Waals surface area contributed by atoms with Crippen molar-refractivity contribution in [3.05, 3.63) is 0 Å². The van der Waals surface area contributed by atoms with Gasteiger partial charge in [-0.15, -0.1) is 24.0 Å². The summed E-state index contributed by atoms with van der Waals surface area (Å²) in [5.74, 6) is 1.10. The summed E-state index contributed by atoms with van der Waals surface area (Å²) < 4.78 is 30.1. The Balaban J connectivity index is 0.00000288. The van der Waals surface area contributed by atoms with E-state index in [1.807, 2.05) is 0 Å². The summed E-state index contributed by atoms with van der Waals surface area (Å²) in [6, 6.07) is 0.328. The summed E-state index contributed by atoms with van der Waals surface area (Å²) >= 11 is 0. The van der Waals surface area contributed by atoms with Crippen molar-refractivity contribution in [1.29, 1.82) is 0 Å². The molecule has 1 saturated heterocycles. The first-order chi connectivity index (χ1) is 10.7. The van der Waals surface area contributed by atoms with Crippen molar-refractivity contribution in [3.8, 4) is 0 Å². The van der Waals surface area contributed by atoms with Gasteiger partial charge in [0.05, 0.1) is 12.4 Å². The monoisotopic (exact) mass is 474 g/mol. The SMILES string of the molecule is CN=C(NCC1CCN(S(C)(=O)=O)C1)NC1CC(OC)C1(C)C.I. The Bertz CT molecular complexity index is 553. The first-order valence-corrected chi connectivity index (χ1v) is 9.98. The van der Waals surface area contributed by atoms with E-state index in [1.54, 1.807) is 18.5 Å². The van der Waals surface area contributed by atoms with Gasteiger partial charge in [0.1, 0.15) is 0 Å². The van der Waals surface area contributed by atoms with E-state index in [4.69, 9.17) is 4.74 Å². The zero-order chi connectivity index (χ0) is 17.3.